The van der Waals surface area contributed by atoms with Crippen LogP contribution >= 0.6 is 0 Å². The van der Waals surface area contributed by atoms with Gasteiger partial charge in [-0.2, -0.15) is 0 Å². The van der Waals surface area contributed by atoms with E-state index in [1.807, 2.05) is 66.7 Å². The number of esters is 1. The summed E-state index contributed by atoms with van der Waals surface area (Å²) in [5, 5.41) is 0. The quantitative estimate of drug-likeness (QED) is 0.109. The number of benzene rings is 2. The van der Waals surface area contributed by atoms with Crippen molar-refractivity contribution in [3.63, 3.8) is 0 Å². The van der Waals surface area contributed by atoms with Crippen LogP contribution in [0.1, 0.15) is 62.5 Å². The van der Waals surface area contributed by atoms with Gasteiger partial charge in [-0.05, 0) is 30.4 Å². The smallest absolute Gasteiger partial charge is 0.340 e. The summed E-state index contributed by atoms with van der Waals surface area (Å²) in [7, 11) is 1.68. The maximum atomic E-state index is 13.0. The monoisotopic (exact) mass is 417 g/mol. The number of ether oxygens (including phenoxy) is 1. The Bertz CT molecular complexity index is 796. The van der Waals surface area contributed by atoms with Crippen LogP contribution in [-0.2, 0) is 9.53 Å². The normalized spacial score (nSPS) is 10.7. The van der Waals surface area contributed by atoms with E-state index >= 15 is 0 Å². The number of nitrogens with zero attached hydrogens (tertiary/aromatic N) is 1. The van der Waals surface area contributed by atoms with Gasteiger partial charge in [0.2, 0.25) is 0 Å². The first-order valence-electron chi connectivity index (χ1n) is 11.3. The fraction of sp³-hybridized carbons (Fsp3) is 0.357. The van der Waals surface area contributed by atoms with Crippen molar-refractivity contribution in [1.82, 2.24) is 0 Å². The minimum atomic E-state index is -0.322. The molecule has 0 unspecified atom stereocenters. The second kappa shape index (κ2) is 15.0. The minimum absolute atomic E-state index is 0.322. The molecule has 164 valence electrons. The van der Waals surface area contributed by atoms with Crippen molar-refractivity contribution in [2.24, 2.45) is 4.99 Å². The highest BCUT2D eigenvalue weighted by Crippen LogP contribution is 2.27. The van der Waals surface area contributed by atoms with E-state index in [9.17, 15) is 4.79 Å². The van der Waals surface area contributed by atoms with Gasteiger partial charge in [-0.25, -0.2) is 4.79 Å². The number of hydrogen-bond acceptors (Lipinski definition) is 3. The molecule has 0 aliphatic carbocycles. The number of aliphatic imine (C=N–C) groups is 1. The van der Waals surface area contributed by atoms with Gasteiger partial charge in [-0.3, -0.25) is 4.99 Å². The lowest BCUT2D eigenvalue weighted by atomic mass is 9.93. The highest BCUT2D eigenvalue weighted by atomic mass is 16.5. The molecule has 0 heterocycles. The SMILES string of the molecule is C=CCCCCCCCCCOC(=O)C(C=NC)=C(c1ccccc1)c1ccccc1. The number of allylic oxidation sites excluding steroid dienone is 1. The first-order chi connectivity index (χ1) is 15.3. The Morgan fingerprint density at radius 3 is 1.87 bits per heavy atom. The largest absolute Gasteiger partial charge is 0.462 e. The van der Waals surface area contributed by atoms with Crippen LogP contribution in [0.15, 0.2) is 83.9 Å². The Hall–Kier alpha value is -2.94. The Morgan fingerprint density at radius 2 is 1.35 bits per heavy atom. The molecular formula is C28H35NO2. The van der Waals surface area contributed by atoms with Gasteiger partial charge in [0.1, 0.15) is 0 Å². The number of unbranched alkanes of at least 4 members (excludes halogenated alkanes) is 7. The molecule has 0 amide bonds. The van der Waals surface area contributed by atoms with Crippen molar-refractivity contribution >= 4 is 17.8 Å². The molecule has 3 nitrogen and oxygen atoms in total. The van der Waals surface area contributed by atoms with E-state index in [0.717, 1.165) is 36.0 Å². The predicted molar refractivity (Wildman–Crippen MR) is 131 cm³/mol. The molecule has 0 aliphatic heterocycles. The Balaban J connectivity index is 1.99. The first kappa shape index (κ1) is 24.3. The lowest BCUT2D eigenvalue weighted by molar-refractivity contribution is -0.138. The van der Waals surface area contributed by atoms with Crippen molar-refractivity contribution in [1.29, 1.82) is 0 Å². The van der Waals surface area contributed by atoms with Gasteiger partial charge in [0, 0.05) is 18.8 Å². The molecule has 0 aromatic heterocycles. The number of carbonyl (C=O) groups excluding carboxylic acids is 1. The van der Waals surface area contributed by atoms with Gasteiger partial charge in [0.25, 0.3) is 0 Å². The molecule has 31 heavy (non-hydrogen) atoms. The highest BCUT2D eigenvalue weighted by Gasteiger charge is 2.18. The molecule has 0 aliphatic rings. The van der Waals surface area contributed by atoms with Crippen LogP contribution in [0.5, 0.6) is 0 Å². The average molecular weight is 418 g/mol. The Labute approximate surface area is 187 Å². The lowest BCUT2D eigenvalue weighted by Gasteiger charge is -2.13. The third-order valence-electron chi connectivity index (χ3n) is 5.16. The van der Waals surface area contributed by atoms with Gasteiger partial charge >= 0.3 is 5.97 Å². The zero-order chi connectivity index (χ0) is 22.2. The van der Waals surface area contributed by atoms with Gasteiger partial charge < -0.3 is 4.74 Å². The number of rotatable bonds is 14. The van der Waals surface area contributed by atoms with E-state index in [2.05, 4.69) is 11.6 Å². The van der Waals surface area contributed by atoms with Crippen molar-refractivity contribution in [2.75, 3.05) is 13.7 Å². The van der Waals surface area contributed by atoms with Crippen molar-refractivity contribution < 1.29 is 9.53 Å². The van der Waals surface area contributed by atoms with E-state index in [4.69, 9.17) is 4.74 Å². The third-order valence-corrected chi connectivity index (χ3v) is 5.16. The standard InChI is InChI=1S/C28H35NO2/c1-3-4-5-6-7-8-9-10-17-22-31-28(30)26(23-29-2)27(24-18-13-11-14-19-24)25-20-15-12-16-21-25/h3,11-16,18-21,23H,1,4-10,17,22H2,2H3. The summed E-state index contributed by atoms with van der Waals surface area (Å²) in [6, 6.07) is 19.9. The molecule has 0 radical (unpaired) electrons. The molecule has 2 rings (SSSR count). The summed E-state index contributed by atoms with van der Waals surface area (Å²) in [4.78, 5) is 17.1. The van der Waals surface area contributed by atoms with Crippen molar-refractivity contribution in [3.8, 4) is 0 Å². The van der Waals surface area contributed by atoms with Crippen LogP contribution in [-0.4, -0.2) is 25.8 Å². The van der Waals surface area contributed by atoms with Gasteiger partial charge in [-0.15, -0.1) is 6.58 Å². The van der Waals surface area contributed by atoms with Gasteiger partial charge in [-0.1, -0.05) is 98.8 Å². The molecule has 0 bridgehead atoms. The highest BCUT2D eigenvalue weighted by molar-refractivity contribution is 6.18. The van der Waals surface area contributed by atoms with E-state index in [1.165, 1.54) is 32.1 Å². The summed E-state index contributed by atoms with van der Waals surface area (Å²) >= 11 is 0. The third kappa shape index (κ3) is 8.75. The maximum Gasteiger partial charge on any atom is 0.340 e. The van der Waals surface area contributed by atoms with Gasteiger partial charge in [0.05, 0.1) is 12.2 Å². The molecular weight excluding hydrogens is 382 g/mol. The number of hydrogen-bond donors (Lipinski definition) is 0. The van der Waals surface area contributed by atoms with E-state index in [1.54, 1.807) is 13.3 Å². The Kier molecular flexibility index (Phi) is 11.7. The topological polar surface area (TPSA) is 38.7 Å². The fourth-order valence-corrected chi connectivity index (χ4v) is 3.55. The predicted octanol–water partition coefficient (Wildman–Crippen LogP) is 7.04. The van der Waals surface area contributed by atoms with Crippen LogP contribution < -0.4 is 0 Å². The molecule has 2 aromatic carbocycles. The van der Waals surface area contributed by atoms with Crippen LogP contribution in [0, 0.1) is 0 Å². The molecule has 0 atom stereocenters. The van der Waals surface area contributed by atoms with Crippen LogP contribution in [0.4, 0.5) is 0 Å². The molecule has 2 aromatic rings. The second-order valence-corrected chi connectivity index (χ2v) is 7.60. The van der Waals surface area contributed by atoms with E-state index in [-0.39, 0.29) is 5.97 Å². The van der Waals surface area contributed by atoms with Crippen molar-refractivity contribution in [3.05, 3.63) is 90.0 Å². The molecule has 0 saturated heterocycles. The van der Waals surface area contributed by atoms with Crippen LogP contribution in [0.2, 0.25) is 0 Å². The molecule has 3 heteroatoms. The lowest BCUT2D eigenvalue weighted by Crippen LogP contribution is -2.13. The first-order valence-corrected chi connectivity index (χ1v) is 11.3. The molecule has 0 saturated carbocycles. The molecule has 0 fully saturated rings. The zero-order valence-corrected chi connectivity index (χ0v) is 18.8. The van der Waals surface area contributed by atoms with Crippen LogP contribution in [0.25, 0.3) is 5.57 Å². The van der Waals surface area contributed by atoms with Crippen LogP contribution in [0.3, 0.4) is 0 Å². The zero-order valence-electron chi connectivity index (χ0n) is 18.8. The minimum Gasteiger partial charge on any atom is -0.462 e. The summed E-state index contributed by atoms with van der Waals surface area (Å²) in [5.74, 6) is -0.322. The molecule has 0 N–H and O–H groups in total. The Morgan fingerprint density at radius 1 is 0.839 bits per heavy atom. The maximum absolute atomic E-state index is 13.0. The summed E-state index contributed by atoms with van der Waals surface area (Å²) in [5.41, 5.74) is 3.27. The summed E-state index contributed by atoms with van der Waals surface area (Å²) in [6.45, 7) is 4.20. The summed E-state index contributed by atoms with van der Waals surface area (Å²) < 4.78 is 5.64. The van der Waals surface area contributed by atoms with E-state index < -0.39 is 0 Å². The molecule has 0 spiro atoms. The average Bonchev–Trinajstić information content (AvgIpc) is 2.81. The second-order valence-electron chi connectivity index (χ2n) is 7.60. The van der Waals surface area contributed by atoms with Crippen molar-refractivity contribution in [2.45, 2.75) is 51.4 Å². The van der Waals surface area contributed by atoms with E-state index in [0.29, 0.717) is 12.2 Å². The number of carbonyl (C=O) groups is 1. The summed E-state index contributed by atoms with van der Waals surface area (Å²) in [6.07, 6.45) is 12.9. The van der Waals surface area contributed by atoms with Gasteiger partial charge in [0.15, 0.2) is 0 Å². The fourth-order valence-electron chi connectivity index (χ4n) is 3.55.